The van der Waals surface area contributed by atoms with Gasteiger partial charge in [-0.05, 0) is 122 Å². The summed E-state index contributed by atoms with van der Waals surface area (Å²) in [5.41, 5.74) is 33.0. The molecule has 12 N–H and O–H groups in total. The summed E-state index contributed by atoms with van der Waals surface area (Å²) in [6.07, 6.45) is 17.3. The molecule has 0 bridgehead atoms. The standard InChI is InChI=1S/3C6H14N2.12C2H4O2.4Fe/c3*7-6(8)4-2-1-3-5-6;12*1-2(3)4;;;;/h3*1-5,7-8H2;12*1H3,(H,3,4);;;;/q;;;;;;;;;;;;;;;4*+3/p-12. The Bertz CT molecular complexity index is 1080. The molecule has 0 amide bonds. The van der Waals surface area contributed by atoms with E-state index in [4.69, 9.17) is 153 Å². The van der Waals surface area contributed by atoms with Crippen molar-refractivity contribution in [2.45, 2.75) is 196 Å². The van der Waals surface area contributed by atoms with E-state index in [1.54, 1.807) is 0 Å². The third-order valence-electron chi connectivity index (χ3n) is 5.35. The number of rotatable bonds is 0. The van der Waals surface area contributed by atoms with E-state index in [-0.39, 0.29) is 85.3 Å². The van der Waals surface area contributed by atoms with Crippen LogP contribution in [0.3, 0.4) is 0 Å². The summed E-state index contributed by atoms with van der Waals surface area (Å²) in [7, 11) is 0. The number of carboxylic acid groups (broad SMARTS) is 12. The normalized spacial score (nSPS) is 12.7. The van der Waals surface area contributed by atoms with Crippen LogP contribution in [0.2, 0.25) is 0 Å². The average molecular weight is 1270 g/mol. The summed E-state index contributed by atoms with van der Waals surface area (Å²) in [5.74, 6) is -13.0. The maximum atomic E-state index is 8.89. The predicted octanol–water partition coefficient (Wildman–Crippen LogP) is -13.2. The van der Waals surface area contributed by atoms with E-state index in [9.17, 15) is 0 Å². The summed E-state index contributed by atoms with van der Waals surface area (Å²) in [5, 5.41) is 107. The second-order valence-electron chi connectivity index (χ2n) is 14.3. The zero-order valence-corrected chi connectivity index (χ0v) is 49.2. The van der Waals surface area contributed by atoms with Gasteiger partial charge in [-0.3, -0.25) is 0 Å². The molecule has 0 aromatic rings. The second-order valence-corrected chi connectivity index (χ2v) is 14.3. The topological polar surface area (TPSA) is 638 Å². The average Bonchev–Trinajstić information content (AvgIpc) is 3.06. The molecular formula is C42H78Fe4N6O24. The Morgan fingerprint density at radius 2 is 0.263 bits per heavy atom. The van der Waals surface area contributed by atoms with Crippen LogP contribution < -0.4 is 95.7 Å². The minimum absolute atomic E-state index is 0. The van der Waals surface area contributed by atoms with Crippen molar-refractivity contribution in [3.63, 3.8) is 0 Å². The van der Waals surface area contributed by atoms with Gasteiger partial charge in [0.25, 0.3) is 0 Å². The largest absolute Gasteiger partial charge is 3.00 e. The van der Waals surface area contributed by atoms with Crippen LogP contribution >= 0.6 is 0 Å². The number of carbonyl (C=O) groups is 12. The van der Waals surface area contributed by atoms with E-state index >= 15 is 0 Å². The molecule has 3 aliphatic carbocycles. The third kappa shape index (κ3) is 502. The van der Waals surface area contributed by atoms with Gasteiger partial charge in [0.15, 0.2) is 0 Å². The van der Waals surface area contributed by atoms with Gasteiger partial charge in [-0.25, -0.2) is 0 Å². The van der Waals surface area contributed by atoms with Gasteiger partial charge < -0.3 is 153 Å². The van der Waals surface area contributed by atoms with Crippen LogP contribution in [-0.4, -0.2) is 88.6 Å². The van der Waals surface area contributed by atoms with Crippen LogP contribution in [0.5, 0.6) is 0 Å². The van der Waals surface area contributed by atoms with Crippen LogP contribution in [-0.2, 0) is 126 Å². The quantitative estimate of drug-likeness (QED) is 0.0969. The minimum Gasteiger partial charge on any atom is -0.550 e. The first-order valence-electron chi connectivity index (χ1n) is 20.8. The molecule has 3 rings (SSSR count). The van der Waals surface area contributed by atoms with E-state index in [0.717, 1.165) is 122 Å². The van der Waals surface area contributed by atoms with E-state index in [1.807, 2.05) is 0 Å². The number of nitrogens with two attached hydrogens (primary N) is 6. The minimum atomic E-state index is -1.08. The first kappa shape index (κ1) is 115. The summed E-state index contributed by atoms with van der Waals surface area (Å²) < 4.78 is 0. The van der Waals surface area contributed by atoms with Gasteiger partial charge in [-0.1, -0.05) is 57.8 Å². The number of aliphatic carboxylic acids is 12. The molecule has 0 unspecified atom stereocenters. The van der Waals surface area contributed by atoms with Crippen molar-refractivity contribution in [3.05, 3.63) is 0 Å². The zero-order chi connectivity index (χ0) is 61.0. The Kier molecular flexibility index (Phi) is 124. The Balaban J connectivity index is -0.0000000366. The molecule has 0 atom stereocenters. The number of hydrogen-bond acceptors (Lipinski definition) is 30. The van der Waals surface area contributed by atoms with Crippen molar-refractivity contribution in [1.29, 1.82) is 0 Å². The molecule has 4 radical (unpaired) electrons. The SMILES string of the molecule is CC(=O)[O-].CC(=O)[O-].CC(=O)[O-].CC(=O)[O-].CC(=O)[O-].CC(=O)[O-].CC(=O)[O-].CC(=O)[O-].CC(=O)[O-].CC(=O)[O-].CC(=O)[O-].CC(=O)[O-].NC1(N)CCCCC1.NC1(N)CCCCC1.NC1(N)CCCCC1.[Fe+3].[Fe+3].[Fe+3].[Fe+3]. The molecule has 0 spiro atoms. The molecule has 3 aliphatic rings. The molecule has 452 valence electrons. The Labute approximate surface area is 487 Å². The van der Waals surface area contributed by atoms with Crippen LogP contribution in [0, 0.1) is 0 Å². The predicted molar refractivity (Wildman–Crippen MR) is 231 cm³/mol. The maximum Gasteiger partial charge on any atom is 3.00 e. The maximum absolute atomic E-state index is 8.89. The first-order valence-corrected chi connectivity index (χ1v) is 20.8. The molecule has 3 fully saturated rings. The van der Waals surface area contributed by atoms with Crippen LogP contribution in [0.15, 0.2) is 0 Å². The molecule has 34 heteroatoms. The van der Waals surface area contributed by atoms with Crippen molar-refractivity contribution in [1.82, 2.24) is 0 Å². The Morgan fingerprint density at radius 1 is 0.211 bits per heavy atom. The van der Waals surface area contributed by atoms with E-state index in [2.05, 4.69) is 0 Å². The fourth-order valence-corrected chi connectivity index (χ4v) is 3.63. The number of carbonyl (C=O) groups excluding carboxylic acids is 12. The fourth-order valence-electron chi connectivity index (χ4n) is 3.63. The molecule has 0 aromatic carbocycles. The first-order chi connectivity index (χ1) is 31.9. The van der Waals surface area contributed by atoms with Crippen LogP contribution in [0.1, 0.15) is 179 Å². The van der Waals surface area contributed by atoms with Gasteiger partial charge in [0.05, 0.1) is 17.0 Å². The van der Waals surface area contributed by atoms with Crippen molar-refractivity contribution in [3.8, 4) is 0 Å². The van der Waals surface area contributed by atoms with Crippen molar-refractivity contribution < 1.29 is 187 Å². The number of carboxylic acids is 12. The Hall–Kier alpha value is -4.52. The summed E-state index contributed by atoms with van der Waals surface area (Å²) in [4.78, 5) is 107. The zero-order valence-electron chi connectivity index (χ0n) is 44.8. The molecule has 0 saturated heterocycles. The van der Waals surface area contributed by atoms with Crippen molar-refractivity contribution in [2.24, 2.45) is 34.4 Å². The summed E-state index contributed by atoms with van der Waals surface area (Å²) in [6.45, 7) is 11.7. The van der Waals surface area contributed by atoms with E-state index < -0.39 is 71.6 Å². The molecule has 3 saturated carbocycles. The molecular weight excluding hydrogens is 1200 g/mol. The molecule has 0 aliphatic heterocycles. The van der Waals surface area contributed by atoms with E-state index in [0.29, 0.717) is 0 Å². The van der Waals surface area contributed by atoms with Crippen molar-refractivity contribution >= 4 is 71.6 Å². The molecule has 0 aromatic heterocycles. The van der Waals surface area contributed by atoms with E-state index in [1.165, 1.54) is 57.8 Å². The van der Waals surface area contributed by atoms with Gasteiger partial charge in [-0.2, -0.15) is 0 Å². The van der Waals surface area contributed by atoms with Gasteiger partial charge in [0.1, 0.15) is 0 Å². The van der Waals surface area contributed by atoms with Crippen LogP contribution in [0.25, 0.3) is 0 Å². The van der Waals surface area contributed by atoms with Gasteiger partial charge in [0.2, 0.25) is 0 Å². The second kappa shape index (κ2) is 81.8. The monoisotopic (exact) mass is 1270 g/mol. The Morgan fingerprint density at radius 3 is 0.289 bits per heavy atom. The van der Waals surface area contributed by atoms with Gasteiger partial charge in [-0.15, -0.1) is 0 Å². The molecule has 76 heavy (non-hydrogen) atoms. The summed E-state index contributed by atoms with van der Waals surface area (Å²) >= 11 is 0. The van der Waals surface area contributed by atoms with Gasteiger partial charge >= 0.3 is 68.3 Å². The third-order valence-corrected chi connectivity index (χ3v) is 5.35. The van der Waals surface area contributed by atoms with Gasteiger partial charge in [0, 0.05) is 71.6 Å². The molecule has 30 nitrogen and oxygen atoms in total. The number of hydrogen-bond donors (Lipinski definition) is 6. The smallest absolute Gasteiger partial charge is 0.550 e. The van der Waals surface area contributed by atoms with Crippen LogP contribution in [0.4, 0.5) is 0 Å². The summed E-state index contributed by atoms with van der Waals surface area (Å²) in [6, 6.07) is 0. The molecule has 0 heterocycles. The fraction of sp³-hybridized carbons (Fsp3) is 0.714. The van der Waals surface area contributed by atoms with Crippen molar-refractivity contribution in [2.75, 3.05) is 0 Å².